The van der Waals surface area contributed by atoms with Crippen LogP contribution in [0.4, 0.5) is 10.8 Å². The fourth-order valence-electron chi connectivity index (χ4n) is 4.96. The largest absolute Gasteiger partial charge is 0.507 e. The van der Waals surface area contributed by atoms with Crippen LogP contribution >= 0.6 is 34.7 Å². The molecule has 42 heavy (non-hydrogen) atoms. The van der Waals surface area contributed by atoms with Gasteiger partial charge in [0.05, 0.1) is 16.5 Å². The molecule has 0 saturated carbocycles. The van der Waals surface area contributed by atoms with Crippen molar-refractivity contribution in [2.75, 3.05) is 4.90 Å². The van der Waals surface area contributed by atoms with Crippen molar-refractivity contribution in [1.82, 2.24) is 10.2 Å². The predicted octanol–water partition coefficient (Wildman–Crippen LogP) is 6.34. The van der Waals surface area contributed by atoms with Crippen LogP contribution in [0.5, 0.6) is 5.75 Å². The number of benzene rings is 3. The van der Waals surface area contributed by atoms with Crippen LogP contribution in [0.15, 0.2) is 76.6 Å². The lowest BCUT2D eigenvalue weighted by molar-refractivity contribution is -0.384. The summed E-state index contributed by atoms with van der Waals surface area (Å²) >= 11 is 8.76. The number of hydrogen-bond acceptors (Lipinski definition) is 10. The van der Waals surface area contributed by atoms with Crippen molar-refractivity contribution in [3.63, 3.8) is 0 Å². The molecule has 6 rings (SSSR count). The second-order valence-corrected chi connectivity index (χ2v) is 12.3. The number of nitro groups is 1. The monoisotopic (exact) mass is 620 g/mol. The highest BCUT2D eigenvalue weighted by molar-refractivity contribution is 8.00. The van der Waals surface area contributed by atoms with Crippen molar-refractivity contribution in [3.05, 3.63) is 110 Å². The molecule has 3 aromatic carbocycles. The first-order chi connectivity index (χ1) is 20.2. The molecule has 13 heteroatoms. The van der Waals surface area contributed by atoms with E-state index < -0.39 is 22.7 Å². The smallest absolute Gasteiger partial charge is 0.301 e. The molecule has 1 aromatic heterocycles. The number of rotatable bonds is 7. The molecule has 0 spiro atoms. The van der Waals surface area contributed by atoms with E-state index in [2.05, 4.69) is 10.2 Å². The Morgan fingerprint density at radius 1 is 1.17 bits per heavy atom. The zero-order valence-corrected chi connectivity index (χ0v) is 24.3. The number of ether oxygens (including phenoxy) is 1. The van der Waals surface area contributed by atoms with Crippen LogP contribution in [0.1, 0.15) is 35.2 Å². The second-order valence-electron chi connectivity index (χ2n) is 9.70. The summed E-state index contributed by atoms with van der Waals surface area (Å²) < 4.78 is 6.30. The van der Waals surface area contributed by atoms with Gasteiger partial charge in [-0.2, -0.15) is 0 Å². The third kappa shape index (κ3) is 5.13. The lowest BCUT2D eigenvalue weighted by Crippen LogP contribution is -2.29. The van der Waals surface area contributed by atoms with Gasteiger partial charge >= 0.3 is 5.91 Å². The van der Waals surface area contributed by atoms with Crippen molar-refractivity contribution in [1.29, 1.82) is 0 Å². The highest BCUT2D eigenvalue weighted by Gasteiger charge is 2.48. The molecule has 212 valence electrons. The maximum absolute atomic E-state index is 13.5. The van der Waals surface area contributed by atoms with E-state index in [1.54, 1.807) is 24.3 Å². The summed E-state index contributed by atoms with van der Waals surface area (Å²) in [6.07, 6.45) is 0.612. The van der Waals surface area contributed by atoms with Gasteiger partial charge in [0.2, 0.25) is 5.13 Å². The number of nitro benzene ring substituents is 1. The van der Waals surface area contributed by atoms with Gasteiger partial charge in [-0.15, -0.1) is 10.2 Å². The van der Waals surface area contributed by atoms with E-state index in [1.165, 1.54) is 40.9 Å². The van der Waals surface area contributed by atoms with Crippen molar-refractivity contribution in [3.8, 4) is 5.75 Å². The molecule has 1 saturated heterocycles. The molecule has 4 aromatic rings. The summed E-state index contributed by atoms with van der Waals surface area (Å²) in [4.78, 5) is 38.9. The highest BCUT2D eigenvalue weighted by atomic mass is 35.5. The fourth-order valence-corrected chi connectivity index (χ4v) is 7.11. The van der Waals surface area contributed by atoms with Gasteiger partial charge in [0.15, 0.2) is 4.34 Å². The molecule has 3 heterocycles. The summed E-state index contributed by atoms with van der Waals surface area (Å²) in [5, 5.41) is 31.9. The number of carbonyl (C=O) groups excluding carboxylic acids is 2. The first-order valence-electron chi connectivity index (χ1n) is 12.8. The molecule has 10 nitrogen and oxygen atoms in total. The van der Waals surface area contributed by atoms with Crippen molar-refractivity contribution >= 4 is 63.0 Å². The van der Waals surface area contributed by atoms with Crippen LogP contribution in [0, 0.1) is 10.1 Å². The van der Waals surface area contributed by atoms with Crippen LogP contribution < -0.4 is 9.64 Å². The molecule has 1 fully saturated rings. The highest BCUT2D eigenvalue weighted by Crippen LogP contribution is 2.45. The Hall–Kier alpha value is -4.26. The number of aliphatic hydroxyl groups is 1. The van der Waals surface area contributed by atoms with E-state index in [-0.39, 0.29) is 28.3 Å². The maximum Gasteiger partial charge on any atom is 0.301 e. The van der Waals surface area contributed by atoms with E-state index in [1.807, 2.05) is 25.1 Å². The SMILES string of the molecule is CC1Cc2cc(/C(O)=C3\C(=O)C(=O)N(c4nnc(SCc5ccccc5Cl)s4)C3c3ccc([N+](=O)[O-])cc3)ccc2O1. The number of Topliss-reactive ketones (excluding diaryl/α,β-unsaturated/α-hetero) is 1. The minimum absolute atomic E-state index is 0.0227. The number of thioether (sulfide) groups is 1. The van der Waals surface area contributed by atoms with Gasteiger partial charge in [-0.05, 0) is 60.0 Å². The number of non-ortho nitro benzene ring substituents is 1. The number of hydrogen-bond donors (Lipinski definition) is 1. The number of halogens is 1. The van der Waals surface area contributed by atoms with Crippen LogP contribution in [0.25, 0.3) is 5.76 Å². The van der Waals surface area contributed by atoms with Gasteiger partial charge in [0, 0.05) is 34.9 Å². The van der Waals surface area contributed by atoms with Gasteiger partial charge in [0.25, 0.3) is 11.5 Å². The van der Waals surface area contributed by atoms with E-state index in [4.69, 9.17) is 16.3 Å². The summed E-state index contributed by atoms with van der Waals surface area (Å²) in [6.45, 7) is 1.93. The van der Waals surface area contributed by atoms with E-state index in [0.29, 0.717) is 38.4 Å². The quantitative estimate of drug-likeness (QED) is 0.0477. The molecule has 2 aliphatic heterocycles. The normalized spacial score (nSPS) is 19.1. The number of anilines is 1. The maximum atomic E-state index is 13.5. The second kappa shape index (κ2) is 11.2. The molecule has 0 bridgehead atoms. The first kappa shape index (κ1) is 27.9. The Morgan fingerprint density at radius 2 is 1.93 bits per heavy atom. The standard InChI is InChI=1S/C29H21ClN4O6S2/c1-15-12-19-13-17(8-11-22(19)40-15)25(35)23-24(16-6-9-20(10-7-16)34(38)39)33(27(37)26(23)36)28-31-32-29(42-28)41-14-18-4-2-3-5-21(18)30/h2-11,13,15,24,35H,12,14H2,1H3/b25-23+. The first-order valence-corrected chi connectivity index (χ1v) is 14.9. The molecule has 0 radical (unpaired) electrons. The number of ketones is 1. The average molecular weight is 621 g/mol. The zero-order valence-electron chi connectivity index (χ0n) is 21.9. The third-order valence-electron chi connectivity index (χ3n) is 6.94. The molecular formula is C29H21ClN4O6S2. The zero-order chi connectivity index (χ0) is 29.5. The number of aliphatic hydroxyl groups excluding tert-OH is 1. The van der Waals surface area contributed by atoms with Gasteiger partial charge in [0.1, 0.15) is 17.6 Å². The molecule has 2 atom stereocenters. The Kier molecular flexibility index (Phi) is 7.43. The van der Waals surface area contributed by atoms with Crippen LogP contribution in [-0.2, 0) is 21.8 Å². The Labute approximate surface area is 252 Å². The molecule has 1 amide bonds. The van der Waals surface area contributed by atoms with Crippen LogP contribution in [0.3, 0.4) is 0 Å². The summed E-state index contributed by atoms with van der Waals surface area (Å²) in [5.41, 5.74) is 2.21. The fraction of sp³-hybridized carbons (Fsp3) is 0.172. The number of nitrogens with zero attached hydrogens (tertiary/aromatic N) is 4. The molecule has 2 aliphatic rings. The van der Waals surface area contributed by atoms with Gasteiger partial charge in [-0.3, -0.25) is 24.6 Å². The van der Waals surface area contributed by atoms with Crippen LogP contribution in [0.2, 0.25) is 5.02 Å². The van der Waals surface area contributed by atoms with Gasteiger partial charge in [-0.1, -0.05) is 52.9 Å². The molecule has 0 aliphatic carbocycles. The Bertz CT molecular complexity index is 1770. The minimum Gasteiger partial charge on any atom is -0.507 e. The minimum atomic E-state index is -1.09. The third-order valence-corrected chi connectivity index (χ3v) is 9.42. The number of aromatic nitrogens is 2. The lowest BCUT2D eigenvalue weighted by atomic mass is 9.94. The van der Waals surface area contributed by atoms with E-state index >= 15 is 0 Å². The van der Waals surface area contributed by atoms with Gasteiger partial charge in [-0.25, -0.2) is 0 Å². The van der Waals surface area contributed by atoms with Gasteiger partial charge < -0.3 is 9.84 Å². The number of fused-ring (bicyclic) bond motifs is 1. The Morgan fingerprint density at radius 3 is 2.67 bits per heavy atom. The summed E-state index contributed by atoms with van der Waals surface area (Å²) in [6, 6.07) is 16.9. The lowest BCUT2D eigenvalue weighted by Gasteiger charge is -2.22. The predicted molar refractivity (Wildman–Crippen MR) is 159 cm³/mol. The van der Waals surface area contributed by atoms with E-state index in [0.717, 1.165) is 22.5 Å². The van der Waals surface area contributed by atoms with Crippen LogP contribution in [-0.4, -0.2) is 38.0 Å². The molecular weight excluding hydrogens is 600 g/mol. The Balaban J connectivity index is 1.40. The van der Waals surface area contributed by atoms with Crippen molar-refractivity contribution in [2.24, 2.45) is 0 Å². The van der Waals surface area contributed by atoms with Crippen molar-refractivity contribution in [2.45, 2.75) is 35.6 Å². The summed E-state index contributed by atoms with van der Waals surface area (Å²) in [7, 11) is 0. The molecule has 1 N–H and O–H groups in total. The summed E-state index contributed by atoms with van der Waals surface area (Å²) in [5.74, 6) is -0.945. The average Bonchev–Trinajstić information content (AvgIpc) is 3.67. The van der Waals surface area contributed by atoms with Crippen molar-refractivity contribution < 1.29 is 24.4 Å². The van der Waals surface area contributed by atoms with E-state index in [9.17, 15) is 24.8 Å². The molecule has 2 unspecified atom stereocenters. The topological polar surface area (TPSA) is 136 Å². The number of carbonyl (C=O) groups is 2. The number of amides is 1.